The van der Waals surface area contributed by atoms with Gasteiger partial charge in [0, 0.05) is 24.9 Å². The highest BCUT2D eigenvalue weighted by atomic mass is 16.2. The Bertz CT molecular complexity index is 809. The van der Waals surface area contributed by atoms with Crippen molar-refractivity contribution >= 4 is 5.91 Å². The molecule has 2 aliphatic carbocycles. The number of nitrogens with zero attached hydrogens (tertiary/aromatic N) is 5. The Morgan fingerprint density at radius 2 is 2.08 bits per heavy atom. The molecule has 0 spiro atoms. The van der Waals surface area contributed by atoms with Gasteiger partial charge in [0.1, 0.15) is 5.82 Å². The lowest BCUT2D eigenvalue weighted by molar-refractivity contribution is 0.0784. The average molecular weight is 338 g/mol. The molecule has 3 fully saturated rings. The van der Waals surface area contributed by atoms with E-state index in [4.69, 9.17) is 4.98 Å². The maximum absolute atomic E-state index is 12.9. The van der Waals surface area contributed by atoms with E-state index >= 15 is 0 Å². The summed E-state index contributed by atoms with van der Waals surface area (Å²) in [5.41, 5.74) is 1.39. The number of H-pyrrole nitrogens is 1. The van der Waals surface area contributed by atoms with E-state index in [9.17, 15) is 4.79 Å². The molecule has 2 aromatic rings. The monoisotopic (exact) mass is 338 g/mol. The molecule has 130 valence electrons. The van der Waals surface area contributed by atoms with Crippen molar-refractivity contribution in [2.24, 2.45) is 11.8 Å². The quantitative estimate of drug-likeness (QED) is 0.922. The summed E-state index contributed by atoms with van der Waals surface area (Å²) >= 11 is 0. The number of carbonyl (C=O) groups excluding carboxylic acids is 1. The van der Waals surface area contributed by atoms with Gasteiger partial charge in [0.05, 0.1) is 17.5 Å². The summed E-state index contributed by atoms with van der Waals surface area (Å²) in [6.07, 6.45) is 6.50. The highest BCUT2D eigenvalue weighted by molar-refractivity contribution is 5.94. The number of aromatic amines is 1. The molecule has 25 heavy (non-hydrogen) atoms. The zero-order valence-corrected chi connectivity index (χ0v) is 14.4. The van der Waals surface area contributed by atoms with Gasteiger partial charge < -0.3 is 4.90 Å². The molecule has 1 amide bonds. The van der Waals surface area contributed by atoms with Gasteiger partial charge in [-0.3, -0.25) is 9.89 Å². The van der Waals surface area contributed by atoms with E-state index in [-0.39, 0.29) is 11.8 Å². The Morgan fingerprint density at radius 1 is 1.24 bits per heavy atom. The van der Waals surface area contributed by atoms with Gasteiger partial charge in [-0.1, -0.05) is 0 Å². The van der Waals surface area contributed by atoms with Crippen LogP contribution >= 0.6 is 0 Å². The van der Waals surface area contributed by atoms with Crippen molar-refractivity contribution in [3.05, 3.63) is 35.2 Å². The molecule has 2 saturated carbocycles. The molecule has 7 nitrogen and oxygen atoms in total. The van der Waals surface area contributed by atoms with Crippen molar-refractivity contribution in [2.75, 3.05) is 13.1 Å². The highest BCUT2D eigenvalue weighted by Gasteiger charge is 2.46. The lowest BCUT2D eigenvalue weighted by atomic mass is 9.91. The largest absolute Gasteiger partial charge is 0.338 e. The molecule has 3 heterocycles. The Morgan fingerprint density at radius 3 is 2.80 bits per heavy atom. The topological polar surface area (TPSA) is 87.7 Å². The predicted octanol–water partition coefficient (Wildman–Crippen LogP) is 2.05. The fourth-order valence-electron chi connectivity index (χ4n) is 4.04. The molecule has 0 aromatic carbocycles. The smallest absolute Gasteiger partial charge is 0.255 e. The van der Waals surface area contributed by atoms with E-state index in [0.717, 1.165) is 29.8 Å². The third-order valence-electron chi connectivity index (χ3n) is 5.72. The first-order valence-electron chi connectivity index (χ1n) is 9.20. The standard InChI is InChI=1S/C18H22N6O/c1-10-6-13(7-19-21-10)18(25)24-8-14(11-2-3-11)15(9-24)17-20-16(22-23-17)12-4-5-12/h6-7,11-12,14-15H,2-5,8-9H2,1H3,(H,20,22,23)/t14-,15+/m1/s1. The van der Waals surface area contributed by atoms with Crippen molar-refractivity contribution in [3.63, 3.8) is 0 Å². The Hall–Kier alpha value is -2.31. The molecule has 2 atom stereocenters. The van der Waals surface area contributed by atoms with Crippen LogP contribution < -0.4 is 0 Å². The summed E-state index contributed by atoms with van der Waals surface area (Å²) in [6.45, 7) is 3.37. The van der Waals surface area contributed by atoms with E-state index in [0.29, 0.717) is 23.9 Å². The van der Waals surface area contributed by atoms with Gasteiger partial charge in [0.25, 0.3) is 5.91 Å². The summed E-state index contributed by atoms with van der Waals surface area (Å²) in [4.78, 5) is 19.6. The van der Waals surface area contributed by atoms with Gasteiger partial charge in [-0.05, 0) is 50.5 Å². The van der Waals surface area contributed by atoms with Crippen LogP contribution in [-0.2, 0) is 0 Å². The molecular formula is C18H22N6O. The fraction of sp³-hybridized carbons (Fsp3) is 0.611. The van der Waals surface area contributed by atoms with E-state index < -0.39 is 0 Å². The summed E-state index contributed by atoms with van der Waals surface area (Å²) in [7, 11) is 0. The Labute approximate surface area is 146 Å². The van der Waals surface area contributed by atoms with Gasteiger partial charge >= 0.3 is 0 Å². The molecule has 0 bridgehead atoms. The number of aromatic nitrogens is 5. The zero-order chi connectivity index (χ0) is 17.0. The lowest BCUT2D eigenvalue weighted by Crippen LogP contribution is -2.29. The first kappa shape index (κ1) is 15.0. The fourth-order valence-corrected chi connectivity index (χ4v) is 4.04. The van der Waals surface area contributed by atoms with E-state index in [2.05, 4.69) is 20.4 Å². The van der Waals surface area contributed by atoms with Gasteiger partial charge in [-0.15, -0.1) is 0 Å². The Balaban J connectivity index is 1.39. The van der Waals surface area contributed by atoms with E-state index in [1.54, 1.807) is 6.20 Å². The number of likely N-dealkylation sites (tertiary alicyclic amines) is 1. The third-order valence-corrected chi connectivity index (χ3v) is 5.72. The summed E-state index contributed by atoms with van der Waals surface area (Å²) < 4.78 is 0. The van der Waals surface area contributed by atoms with Gasteiger partial charge in [0.15, 0.2) is 5.82 Å². The first-order chi connectivity index (χ1) is 12.2. The second-order valence-corrected chi connectivity index (χ2v) is 7.76. The van der Waals surface area contributed by atoms with Crippen LogP contribution in [0.1, 0.15) is 65.2 Å². The number of carbonyl (C=O) groups is 1. The maximum atomic E-state index is 12.9. The molecule has 0 radical (unpaired) electrons. The number of aryl methyl sites for hydroxylation is 1. The minimum absolute atomic E-state index is 0.0491. The van der Waals surface area contributed by atoms with Crippen molar-refractivity contribution in [1.29, 1.82) is 0 Å². The van der Waals surface area contributed by atoms with Crippen molar-refractivity contribution in [1.82, 2.24) is 30.3 Å². The number of hydrogen-bond acceptors (Lipinski definition) is 5. The number of nitrogens with one attached hydrogen (secondary N) is 1. The summed E-state index contributed by atoms with van der Waals surface area (Å²) in [5, 5.41) is 15.5. The van der Waals surface area contributed by atoms with Gasteiger partial charge in [-0.25, -0.2) is 4.98 Å². The Kier molecular flexibility index (Phi) is 3.36. The van der Waals surface area contributed by atoms with E-state index in [1.807, 2.05) is 17.9 Å². The first-order valence-corrected chi connectivity index (χ1v) is 9.20. The number of amides is 1. The second-order valence-electron chi connectivity index (χ2n) is 7.76. The highest BCUT2D eigenvalue weighted by Crippen LogP contribution is 2.47. The minimum Gasteiger partial charge on any atom is -0.338 e. The van der Waals surface area contributed by atoms with Crippen LogP contribution in [0.25, 0.3) is 0 Å². The molecule has 3 aliphatic rings. The van der Waals surface area contributed by atoms with E-state index in [1.165, 1.54) is 25.7 Å². The molecule has 2 aromatic heterocycles. The van der Waals surface area contributed by atoms with Crippen LogP contribution in [0, 0.1) is 18.8 Å². The molecule has 0 unspecified atom stereocenters. The number of hydrogen-bond donors (Lipinski definition) is 1. The van der Waals surface area contributed by atoms with Crippen molar-refractivity contribution in [3.8, 4) is 0 Å². The van der Waals surface area contributed by atoms with Crippen LogP contribution in [0.4, 0.5) is 0 Å². The predicted molar refractivity (Wildman–Crippen MR) is 90.0 cm³/mol. The summed E-state index contributed by atoms with van der Waals surface area (Å²) in [5.74, 6) is 4.01. The van der Waals surface area contributed by atoms with Crippen LogP contribution in [0.15, 0.2) is 12.3 Å². The average Bonchev–Trinajstić information content (AvgIpc) is 3.55. The molecule has 1 saturated heterocycles. The van der Waals surface area contributed by atoms with Crippen LogP contribution in [0.5, 0.6) is 0 Å². The van der Waals surface area contributed by atoms with Crippen LogP contribution in [-0.4, -0.2) is 49.3 Å². The SMILES string of the molecule is Cc1cc(C(=O)N2C[C@H](c3nc(C4CC4)n[nH]3)[C@@H](C3CC3)C2)cnn1. The molecule has 1 N–H and O–H groups in total. The number of rotatable bonds is 4. The molecule has 5 rings (SSSR count). The molecular weight excluding hydrogens is 316 g/mol. The maximum Gasteiger partial charge on any atom is 0.255 e. The van der Waals surface area contributed by atoms with Gasteiger partial charge in [0.2, 0.25) is 0 Å². The zero-order valence-electron chi connectivity index (χ0n) is 14.4. The molecule has 1 aliphatic heterocycles. The minimum atomic E-state index is 0.0491. The third kappa shape index (κ3) is 2.81. The summed E-state index contributed by atoms with van der Waals surface area (Å²) in [6, 6.07) is 1.81. The van der Waals surface area contributed by atoms with Crippen molar-refractivity contribution in [2.45, 2.75) is 44.4 Å². The normalized spacial score (nSPS) is 26.2. The van der Waals surface area contributed by atoms with Crippen LogP contribution in [0.3, 0.4) is 0 Å². The second kappa shape index (κ2) is 5.61. The molecule has 7 heteroatoms. The van der Waals surface area contributed by atoms with Gasteiger partial charge in [-0.2, -0.15) is 15.3 Å². The lowest BCUT2D eigenvalue weighted by Gasteiger charge is -2.16. The van der Waals surface area contributed by atoms with Crippen molar-refractivity contribution < 1.29 is 4.79 Å². The van der Waals surface area contributed by atoms with Crippen LogP contribution in [0.2, 0.25) is 0 Å².